The van der Waals surface area contributed by atoms with Crippen molar-refractivity contribution >= 4 is 22.9 Å². The number of thiophene rings is 1. The number of aliphatic hydroxyl groups excluding tert-OH is 1. The molecule has 15 heavy (non-hydrogen) atoms. The van der Waals surface area contributed by atoms with E-state index in [1.165, 1.54) is 23.5 Å². The van der Waals surface area contributed by atoms with E-state index < -0.39 is 11.9 Å². The summed E-state index contributed by atoms with van der Waals surface area (Å²) < 4.78 is 13.0. The highest BCUT2D eigenvalue weighted by molar-refractivity contribution is 7.07. The van der Waals surface area contributed by atoms with Gasteiger partial charge in [0.1, 0.15) is 11.9 Å². The van der Waals surface area contributed by atoms with Gasteiger partial charge < -0.3 is 5.11 Å². The molecule has 0 fully saturated rings. The summed E-state index contributed by atoms with van der Waals surface area (Å²) in [7, 11) is 0. The second-order valence-corrected chi connectivity index (χ2v) is 4.38. The van der Waals surface area contributed by atoms with Crippen LogP contribution in [0.1, 0.15) is 17.2 Å². The molecule has 0 spiro atoms. The van der Waals surface area contributed by atoms with Gasteiger partial charge in [0.25, 0.3) is 0 Å². The summed E-state index contributed by atoms with van der Waals surface area (Å²) >= 11 is 7.19. The van der Waals surface area contributed by atoms with Crippen LogP contribution < -0.4 is 0 Å². The molecule has 78 valence electrons. The van der Waals surface area contributed by atoms with Gasteiger partial charge in [-0.2, -0.15) is 11.3 Å². The minimum Gasteiger partial charge on any atom is -0.384 e. The van der Waals surface area contributed by atoms with Crippen LogP contribution >= 0.6 is 22.9 Å². The SMILES string of the molecule is O[C@@H](c1ccsc1)c1cc(F)cc(Cl)c1. The molecular formula is C11H8ClFOS. The molecule has 0 aliphatic carbocycles. The number of hydrogen-bond acceptors (Lipinski definition) is 2. The van der Waals surface area contributed by atoms with Crippen LogP contribution in [0, 0.1) is 5.82 Å². The average molecular weight is 243 g/mol. The van der Waals surface area contributed by atoms with Crippen LogP contribution in [0.5, 0.6) is 0 Å². The Kier molecular flexibility index (Phi) is 3.05. The van der Waals surface area contributed by atoms with Gasteiger partial charge in [0.15, 0.2) is 0 Å². The molecule has 0 aliphatic heterocycles. The van der Waals surface area contributed by atoms with Crippen molar-refractivity contribution in [2.75, 3.05) is 0 Å². The fourth-order valence-corrected chi connectivity index (χ4v) is 2.27. The highest BCUT2D eigenvalue weighted by atomic mass is 35.5. The molecule has 1 N–H and O–H groups in total. The van der Waals surface area contributed by atoms with Gasteiger partial charge >= 0.3 is 0 Å². The average Bonchev–Trinajstić information content (AvgIpc) is 2.67. The van der Waals surface area contributed by atoms with E-state index in [0.29, 0.717) is 10.6 Å². The minimum atomic E-state index is -0.815. The summed E-state index contributed by atoms with van der Waals surface area (Å²) in [6.45, 7) is 0. The van der Waals surface area contributed by atoms with Gasteiger partial charge in [0.05, 0.1) is 0 Å². The number of halogens is 2. The summed E-state index contributed by atoms with van der Waals surface area (Å²) in [5.74, 6) is -0.438. The van der Waals surface area contributed by atoms with Gasteiger partial charge in [0, 0.05) is 5.02 Å². The van der Waals surface area contributed by atoms with Crippen LogP contribution in [0.15, 0.2) is 35.0 Å². The Bertz CT molecular complexity index is 435. The zero-order chi connectivity index (χ0) is 10.8. The highest BCUT2D eigenvalue weighted by Gasteiger charge is 2.12. The smallest absolute Gasteiger partial charge is 0.125 e. The summed E-state index contributed by atoms with van der Waals surface area (Å²) in [4.78, 5) is 0. The first kappa shape index (κ1) is 10.6. The first-order valence-corrected chi connectivity index (χ1v) is 5.65. The second kappa shape index (κ2) is 4.31. The van der Waals surface area contributed by atoms with Gasteiger partial charge in [-0.3, -0.25) is 0 Å². The van der Waals surface area contributed by atoms with Crippen molar-refractivity contribution < 1.29 is 9.50 Å². The normalized spacial score (nSPS) is 12.7. The summed E-state index contributed by atoms with van der Waals surface area (Å²) in [5.41, 5.74) is 1.22. The highest BCUT2D eigenvalue weighted by Crippen LogP contribution is 2.26. The first-order chi connectivity index (χ1) is 7.16. The number of benzene rings is 1. The predicted molar refractivity (Wildman–Crippen MR) is 59.8 cm³/mol. The third-order valence-electron chi connectivity index (χ3n) is 2.06. The van der Waals surface area contributed by atoms with Crippen LogP contribution in [0.25, 0.3) is 0 Å². The molecule has 1 nitrogen and oxygen atoms in total. The Morgan fingerprint density at radius 3 is 2.67 bits per heavy atom. The molecular weight excluding hydrogens is 235 g/mol. The molecule has 0 saturated heterocycles. The number of hydrogen-bond donors (Lipinski definition) is 1. The molecule has 0 radical (unpaired) electrons. The zero-order valence-corrected chi connectivity index (χ0v) is 9.23. The van der Waals surface area contributed by atoms with E-state index in [1.54, 1.807) is 12.1 Å². The molecule has 0 saturated carbocycles. The van der Waals surface area contributed by atoms with Crippen LogP contribution in [0.3, 0.4) is 0 Å². The lowest BCUT2D eigenvalue weighted by atomic mass is 10.0. The lowest BCUT2D eigenvalue weighted by Gasteiger charge is -2.09. The lowest BCUT2D eigenvalue weighted by Crippen LogP contribution is -1.98. The van der Waals surface area contributed by atoms with Gasteiger partial charge in [-0.05, 0) is 46.2 Å². The molecule has 1 aromatic heterocycles. The summed E-state index contributed by atoms with van der Waals surface area (Å²) in [5, 5.41) is 13.9. The maximum atomic E-state index is 13.0. The monoisotopic (exact) mass is 242 g/mol. The van der Waals surface area contributed by atoms with Crippen molar-refractivity contribution in [3.8, 4) is 0 Å². The van der Waals surface area contributed by atoms with E-state index in [1.807, 2.05) is 10.8 Å². The van der Waals surface area contributed by atoms with E-state index in [2.05, 4.69) is 0 Å². The molecule has 1 aromatic carbocycles. The van der Waals surface area contributed by atoms with Gasteiger partial charge in [-0.1, -0.05) is 11.6 Å². The maximum absolute atomic E-state index is 13.0. The molecule has 0 unspecified atom stereocenters. The van der Waals surface area contributed by atoms with Crippen molar-refractivity contribution in [1.29, 1.82) is 0 Å². The summed E-state index contributed by atoms with van der Waals surface area (Å²) in [6, 6.07) is 5.86. The predicted octanol–water partition coefficient (Wildman–Crippen LogP) is 3.62. The van der Waals surface area contributed by atoms with Gasteiger partial charge in [-0.25, -0.2) is 4.39 Å². The van der Waals surface area contributed by atoms with E-state index >= 15 is 0 Å². The van der Waals surface area contributed by atoms with Crippen LogP contribution in [-0.4, -0.2) is 5.11 Å². The fourth-order valence-electron chi connectivity index (χ4n) is 1.36. The first-order valence-electron chi connectivity index (χ1n) is 4.33. The Labute approximate surface area is 95.8 Å². The molecule has 4 heteroatoms. The quantitative estimate of drug-likeness (QED) is 0.853. The van der Waals surface area contributed by atoms with E-state index in [0.717, 1.165) is 5.56 Å². The molecule has 1 atom stereocenters. The van der Waals surface area contributed by atoms with E-state index in [4.69, 9.17) is 11.6 Å². The van der Waals surface area contributed by atoms with Crippen LogP contribution in [0.2, 0.25) is 5.02 Å². The standard InChI is InChI=1S/C11H8ClFOS/c12-9-3-8(4-10(13)5-9)11(14)7-1-2-15-6-7/h1-6,11,14H/t11-/m0/s1. The van der Waals surface area contributed by atoms with Gasteiger partial charge in [0.2, 0.25) is 0 Å². The number of rotatable bonds is 2. The maximum Gasteiger partial charge on any atom is 0.125 e. The van der Waals surface area contributed by atoms with E-state index in [9.17, 15) is 9.50 Å². The van der Waals surface area contributed by atoms with Gasteiger partial charge in [-0.15, -0.1) is 0 Å². The lowest BCUT2D eigenvalue weighted by molar-refractivity contribution is 0.220. The second-order valence-electron chi connectivity index (χ2n) is 3.16. The van der Waals surface area contributed by atoms with Crippen molar-refractivity contribution in [1.82, 2.24) is 0 Å². The molecule has 2 aromatic rings. The minimum absolute atomic E-state index is 0.291. The molecule has 0 aliphatic rings. The number of aliphatic hydroxyl groups is 1. The zero-order valence-electron chi connectivity index (χ0n) is 7.65. The third kappa shape index (κ3) is 2.37. The van der Waals surface area contributed by atoms with Crippen LogP contribution in [-0.2, 0) is 0 Å². The van der Waals surface area contributed by atoms with Crippen molar-refractivity contribution in [2.45, 2.75) is 6.10 Å². The molecule has 0 amide bonds. The fraction of sp³-hybridized carbons (Fsp3) is 0.0909. The summed E-state index contributed by atoms with van der Waals surface area (Å²) in [6.07, 6.45) is -0.815. The van der Waals surface area contributed by atoms with Crippen molar-refractivity contribution in [3.05, 3.63) is 57.0 Å². The Hall–Kier alpha value is -0.900. The Balaban J connectivity index is 2.37. The Morgan fingerprint density at radius 1 is 1.27 bits per heavy atom. The van der Waals surface area contributed by atoms with Crippen molar-refractivity contribution in [2.24, 2.45) is 0 Å². The molecule has 1 heterocycles. The largest absolute Gasteiger partial charge is 0.384 e. The topological polar surface area (TPSA) is 20.2 Å². The van der Waals surface area contributed by atoms with E-state index in [-0.39, 0.29) is 0 Å². The molecule has 2 rings (SSSR count). The van der Waals surface area contributed by atoms with Crippen LogP contribution in [0.4, 0.5) is 4.39 Å². The molecule has 0 bridgehead atoms. The Morgan fingerprint density at radius 2 is 2.07 bits per heavy atom. The third-order valence-corrected chi connectivity index (χ3v) is 2.98. The van der Waals surface area contributed by atoms with Crippen molar-refractivity contribution in [3.63, 3.8) is 0 Å².